The van der Waals surface area contributed by atoms with Gasteiger partial charge in [0.15, 0.2) is 0 Å². The number of benzene rings is 1. The predicted molar refractivity (Wildman–Crippen MR) is 60.7 cm³/mol. The first-order chi connectivity index (χ1) is 7.46. The van der Waals surface area contributed by atoms with Crippen LogP contribution in [0.15, 0.2) is 18.2 Å². The number of nitriles is 2. The average Bonchev–Trinajstić information content (AvgIpc) is 2.25. The molecule has 4 heteroatoms. The fraction of sp³-hybridized carbons (Fsp3) is 0.333. The van der Waals surface area contributed by atoms with Crippen LogP contribution in [0.25, 0.3) is 0 Å². The van der Waals surface area contributed by atoms with Crippen LogP contribution in [-0.4, -0.2) is 17.3 Å². The van der Waals surface area contributed by atoms with Gasteiger partial charge in [0.05, 0.1) is 16.7 Å². The van der Waals surface area contributed by atoms with Gasteiger partial charge in [-0.05, 0) is 32.0 Å². The third-order valence-corrected chi connectivity index (χ3v) is 1.99. The van der Waals surface area contributed by atoms with E-state index in [0.29, 0.717) is 17.7 Å². The first kappa shape index (κ1) is 12.0. The second-order valence-corrected chi connectivity index (χ2v) is 4.15. The lowest BCUT2D eigenvalue weighted by atomic mass is 10.1. The van der Waals surface area contributed by atoms with Gasteiger partial charge < -0.3 is 10.4 Å². The molecule has 0 bridgehead atoms. The van der Waals surface area contributed by atoms with Crippen LogP contribution in [-0.2, 0) is 0 Å². The predicted octanol–water partition coefficient (Wildman–Crippen LogP) is 1.61. The lowest BCUT2D eigenvalue weighted by Gasteiger charge is -2.18. The maximum atomic E-state index is 9.53. The minimum absolute atomic E-state index is 0.336. The molecule has 0 amide bonds. The van der Waals surface area contributed by atoms with Crippen LogP contribution in [0.2, 0.25) is 0 Å². The highest BCUT2D eigenvalue weighted by Crippen LogP contribution is 2.15. The minimum Gasteiger partial charge on any atom is -0.389 e. The Morgan fingerprint density at radius 3 is 2.38 bits per heavy atom. The molecule has 0 saturated heterocycles. The summed E-state index contributed by atoms with van der Waals surface area (Å²) in [7, 11) is 0. The molecule has 1 aromatic rings. The third-order valence-electron chi connectivity index (χ3n) is 1.99. The Morgan fingerprint density at radius 2 is 1.88 bits per heavy atom. The number of rotatable bonds is 3. The number of anilines is 1. The molecule has 0 aliphatic heterocycles. The Balaban J connectivity index is 2.86. The summed E-state index contributed by atoms with van der Waals surface area (Å²) in [6.45, 7) is 3.76. The molecular formula is C12H13N3O. The molecule has 0 saturated carbocycles. The molecule has 4 nitrogen and oxygen atoms in total. The second kappa shape index (κ2) is 4.65. The molecule has 0 atom stereocenters. The Bertz CT molecular complexity index is 461. The number of nitrogens with zero attached hydrogens (tertiary/aromatic N) is 2. The van der Waals surface area contributed by atoms with Crippen LogP contribution in [0.1, 0.15) is 25.0 Å². The summed E-state index contributed by atoms with van der Waals surface area (Å²) in [5.74, 6) is 0. The molecule has 16 heavy (non-hydrogen) atoms. The minimum atomic E-state index is -0.819. The van der Waals surface area contributed by atoms with Gasteiger partial charge in [-0.3, -0.25) is 0 Å². The zero-order valence-electron chi connectivity index (χ0n) is 9.28. The maximum Gasteiger partial charge on any atom is 0.101 e. The highest BCUT2D eigenvalue weighted by atomic mass is 16.3. The fourth-order valence-corrected chi connectivity index (χ4v) is 1.16. The van der Waals surface area contributed by atoms with Crippen molar-refractivity contribution in [3.8, 4) is 12.1 Å². The van der Waals surface area contributed by atoms with Gasteiger partial charge in [-0.1, -0.05) is 0 Å². The van der Waals surface area contributed by atoms with Crippen molar-refractivity contribution in [1.82, 2.24) is 0 Å². The maximum absolute atomic E-state index is 9.53. The van der Waals surface area contributed by atoms with E-state index >= 15 is 0 Å². The van der Waals surface area contributed by atoms with E-state index in [4.69, 9.17) is 10.5 Å². The monoisotopic (exact) mass is 215 g/mol. The van der Waals surface area contributed by atoms with Crippen molar-refractivity contribution in [2.75, 3.05) is 11.9 Å². The summed E-state index contributed by atoms with van der Waals surface area (Å²) in [6, 6.07) is 8.81. The molecule has 0 aliphatic rings. The summed E-state index contributed by atoms with van der Waals surface area (Å²) in [6.07, 6.45) is 0. The number of hydrogen-bond acceptors (Lipinski definition) is 4. The van der Waals surface area contributed by atoms with Crippen LogP contribution in [0.3, 0.4) is 0 Å². The van der Waals surface area contributed by atoms with Crippen molar-refractivity contribution in [1.29, 1.82) is 10.5 Å². The number of aliphatic hydroxyl groups is 1. The molecule has 0 aromatic heterocycles. The van der Waals surface area contributed by atoms with Gasteiger partial charge in [0.2, 0.25) is 0 Å². The van der Waals surface area contributed by atoms with Gasteiger partial charge >= 0.3 is 0 Å². The normalized spacial score (nSPS) is 10.3. The highest BCUT2D eigenvalue weighted by molar-refractivity contribution is 5.56. The summed E-state index contributed by atoms with van der Waals surface area (Å²) in [4.78, 5) is 0. The fourth-order valence-electron chi connectivity index (χ4n) is 1.16. The first-order valence-electron chi connectivity index (χ1n) is 4.87. The molecule has 82 valence electrons. The lowest BCUT2D eigenvalue weighted by molar-refractivity contribution is 0.0945. The Labute approximate surface area is 94.8 Å². The Hall–Kier alpha value is -2.04. The van der Waals surface area contributed by atoms with Crippen molar-refractivity contribution in [2.45, 2.75) is 19.4 Å². The molecule has 0 radical (unpaired) electrons. The zero-order valence-corrected chi connectivity index (χ0v) is 9.28. The average molecular weight is 215 g/mol. The topological polar surface area (TPSA) is 79.8 Å². The lowest BCUT2D eigenvalue weighted by Crippen LogP contribution is -2.29. The van der Waals surface area contributed by atoms with Gasteiger partial charge in [-0.2, -0.15) is 10.5 Å². The summed E-state index contributed by atoms with van der Waals surface area (Å²) < 4.78 is 0. The third kappa shape index (κ3) is 3.27. The van der Waals surface area contributed by atoms with E-state index in [1.165, 1.54) is 0 Å². The Kier molecular flexibility index (Phi) is 3.50. The molecule has 1 rings (SSSR count). The molecule has 0 heterocycles. The first-order valence-corrected chi connectivity index (χ1v) is 4.87. The van der Waals surface area contributed by atoms with Crippen molar-refractivity contribution in [2.24, 2.45) is 0 Å². The highest BCUT2D eigenvalue weighted by Gasteiger charge is 2.12. The van der Waals surface area contributed by atoms with Crippen LogP contribution >= 0.6 is 0 Å². The molecule has 2 N–H and O–H groups in total. The number of hydrogen-bond donors (Lipinski definition) is 2. The van der Waals surface area contributed by atoms with Gasteiger partial charge in [0.25, 0.3) is 0 Å². The molecule has 0 spiro atoms. The van der Waals surface area contributed by atoms with E-state index in [1.54, 1.807) is 32.0 Å². The van der Waals surface area contributed by atoms with Crippen LogP contribution in [0, 0.1) is 22.7 Å². The van der Waals surface area contributed by atoms with E-state index in [2.05, 4.69) is 5.32 Å². The van der Waals surface area contributed by atoms with E-state index in [9.17, 15) is 5.11 Å². The van der Waals surface area contributed by atoms with E-state index in [1.807, 2.05) is 12.1 Å². The standard InChI is InChI=1S/C12H13N3O/c1-12(2,16)8-15-11-4-3-9(6-13)10(5-11)7-14/h3-5,15-16H,8H2,1-2H3. The largest absolute Gasteiger partial charge is 0.389 e. The SMILES string of the molecule is CC(C)(O)CNc1ccc(C#N)c(C#N)c1. The molecular weight excluding hydrogens is 202 g/mol. The van der Waals surface area contributed by atoms with Crippen molar-refractivity contribution >= 4 is 5.69 Å². The number of nitrogens with one attached hydrogen (secondary N) is 1. The van der Waals surface area contributed by atoms with E-state index in [0.717, 1.165) is 5.69 Å². The molecule has 0 aliphatic carbocycles. The quantitative estimate of drug-likeness (QED) is 0.802. The van der Waals surface area contributed by atoms with Crippen molar-refractivity contribution in [3.63, 3.8) is 0 Å². The van der Waals surface area contributed by atoms with Gasteiger partial charge in [0, 0.05) is 12.2 Å². The van der Waals surface area contributed by atoms with Gasteiger partial charge in [0.1, 0.15) is 12.1 Å². The molecule has 0 unspecified atom stereocenters. The van der Waals surface area contributed by atoms with Crippen LogP contribution in [0.5, 0.6) is 0 Å². The van der Waals surface area contributed by atoms with E-state index in [-0.39, 0.29) is 0 Å². The van der Waals surface area contributed by atoms with Gasteiger partial charge in [-0.15, -0.1) is 0 Å². The second-order valence-electron chi connectivity index (χ2n) is 4.15. The van der Waals surface area contributed by atoms with Crippen LogP contribution < -0.4 is 5.32 Å². The molecule has 1 aromatic carbocycles. The molecule has 0 fully saturated rings. The van der Waals surface area contributed by atoms with Crippen molar-refractivity contribution < 1.29 is 5.11 Å². The van der Waals surface area contributed by atoms with Crippen molar-refractivity contribution in [3.05, 3.63) is 29.3 Å². The van der Waals surface area contributed by atoms with Crippen LogP contribution in [0.4, 0.5) is 5.69 Å². The summed E-state index contributed by atoms with van der Waals surface area (Å²) >= 11 is 0. The smallest absolute Gasteiger partial charge is 0.101 e. The summed E-state index contributed by atoms with van der Waals surface area (Å²) in [5.41, 5.74) is 0.595. The van der Waals surface area contributed by atoms with Gasteiger partial charge in [-0.25, -0.2) is 0 Å². The van der Waals surface area contributed by atoms with E-state index < -0.39 is 5.60 Å². The zero-order chi connectivity index (χ0) is 12.2. The summed E-state index contributed by atoms with van der Waals surface area (Å²) in [5, 5.41) is 30.1. The Morgan fingerprint density at radius 1 is 1.25 bits per heavy atom.